The second-order valence-corrected chi connectivity index (χ2v) is 5.08. The standard InChI is InChI=1S/C19H24N4O/c1-3-13-24-18-11-6-5-9-16(18)14-22-19(20-4-2)23-15-17-10-7-8-12-21-17/h3,5-12H,1,4,13-15H2,2H3,(H2,20,22,23). The molecule has 126 valence electrons. The van der Waals surface area contributed by atoms with Crippen molar-refractivity contribution in [2.24, 2.45) is 4.99 Å². The van der Waals surface area contributed by atoms with Crippen LogP contribution in [0.2, 0.25) is 0 Å². The molecule has 0 saturated carbocycles. The zero-order chi connectivity index (χ0) is 17.0. The van der Waals surface area contributed by atoms with Crippen LogP contribution in [0.5, 0.6) is 5.75 Å². The molecule has 0 spiro atoms. The number of guanidine groups is 1. The van der Waals surface area contributed by atoms with Crippen molar-refractivity contribution in [2.75, 3.05) is 13.2 Å². The van der Waals surface area contributed by atoms with E-state index in [1.165, 1.54) is 0 Å². The van der Waals surface area contributed by atoms with Crippen molar-refractivity contribution >= 4 is 5.96 Å². The Morgan fingerprint density at radius 2 is 2.04 bits per heavy atom. The first-order chi connectivity index (χ1) is 11.8. The zero-order valence-corrected chi connectivity index (χ0v) is 14.0. The number of aromatic nitrogens is 1. The molecule has 0 saturated heterocycles. The maximum Gasteiger partial charge on any atom is 0.191 e. The highest BCUT2D eigenvalue weighted by Gasteiger charge is 2.03. The number of pyridine rings is 1. The van der Waals surface area contributed by atoms with E-state index in [1.54, 1.807) is 12.3 Å². The Bertz CT molecular complexity index is 655. The van der Waals surface area contributed by atoms with E-state index in [4.69, 9.17) is 4.74 Å². The number of hydrogen-bond acceptors (Lipinski definition) is 3. The summed E-state index contributed by atoms with van der Waals surface area (Å²) in [5.41, 5.74) is 2.01. The number of nitrogens with one attached hydrogen (secondary N) is 2. The minimum absolute atomic E-state index is 0.485. The molecule has 24 heavy (non-hydrogen) atoms. The molecule has 0 unspecified atom stereocenters. The number of aliphatic imine (C=N–C) groups is 1. The van der Waals surface area contributed by atoms with E-state index in [9.17, 15) is 0 Å². The van der Waals surface area contributed by atoms with E-state index in [0.29, 0.717) is 19.7 Å². The van der Waals surface area contributed by atoms with Crippen molar-refractivity contribution in [2.45, 2.75) is 20.0 Å². The second kappa shape index (κ2) is 10.0. The van der Waals surface area contributed by atoms with Crippen molar-refractivity contribution < 1.29 is 4.74 Å². The molecule has 1 heterocycles. The topological polar surface area (TPSA) is 58.5 Å². The predicted molar refractivity (Wildman–Crippen MR) is 98.0 cm³/mol. The van der Waals surface area contributed by atoms with Crippen molar-refractivity contribution in [3.63, 3.8) is 0 Å². The molecule has 2 N–H and O–H groups in total. The molecule has 0 bridgehead atoms. The maximum atomic E-state index is 5.67. The van der Waals surface area contributed by atoms with Gasteiger partial charge in [0.15, 0.2) is 5.96 Å². The quantitative estimate of drug-likeness (QED) is 0.445. The summed E-state index contributed by atoms with van der Waals surface area (Å²) in [4.78, 5) is 8.93. The van der Waals surface area contributed by atoms with Crippen molar-refractivity contribution in [1.82, 2.24) is 15.6 Å². The van der Waals surface area contributed by atoms with Gasteiger partial charge in [0.2, 0.25) is 0 Å². The first-order valence-corrected chi connectivity index (χ1v) is 8.07. The number of nitrogens with zero attached hydrogens (tertiary/aromatic N) is 2. The van der Waals surface area contributed by atoms with E-state index in [0.717, 1.165) is 29.5 Å². The van der Waals surface area contributed by atoms with Crippen molar-refractivity contribution in [3.8, 4) is 5.75 Å². The molecule has 0 aliphatic heterocycles. The van der Waals surface area contributed by atoms with Crippen LogP contribution in [0, 0.1) is 0 Å². The van der Waals surface area contributed by atoms with Gasteiger partial charge in [0.1, 0.15) is 12.4 Å². The van der Waals surface area contributed by atoms with Gasteiger partial charge in [-0.3, -0.25) is 4.98 Å². The van der Waals surface area contributed by atoms with Crippen LogP contribution < -0.4 is 15.4 Å². The summed E-state index contributed by atoms with van der Waals surface area (Å²) in [7, 11) is 0. The summed E-state index contributed by atoms with van der Waals surface area (Å²) >= 11 is 0. The molecule has 2 rings (SSSR count). The number of para-hydroxylation sites is 1. The molecule has 0 fully saturated rings. The Labute approximate surface area is 143 Å². The summed E-state index contributed by atoms with van der Waals surface area (Å²) in [5.74, 6) is 1.59. The SMILES string of the molecule is C=CCOc1ccccc1CN=C(NCC)NCc1ccccn1. The summed E-state index contributed by atoms with van der Waals surface area (Å²) in [6.45, 7) is 8.16. The fourth-order valence-corrected chi connectivity index (χ4v) is 2.11. The lowest BCUT2D eigenvalue weighted by atomic mass is 10.2. The smallest absolute Gasteiger partial charge is 0.191 e. The highest BCUT2D eigenvalue weighted by atomic mass is 16.5. The average molecular weight is 324 g/mol. The molecule has 0 atom stereocenters. The fraction of sp³-hybridized carbons (Fsp3) is 0.263. The first-order valence-electron chi connectivity index (χ1n) is 8.07. The third-order valence-electron chi connectivity index (χ3n) is 3.24. The highest BCUT2D eigenvalue weighted by molar-refractivity contribution is 5.79. The van der Waals surface area contributed by atoms with Gasteiger partial charge in [0, 0.05) is 18.3 Å². The molecular weight excluding hydrogens is 300 g/mol. The van der Waals surface area contributed by atoms with E-state index in [2.05, 4.69) is 27.2 Å². The van der Waals surface area contributed by atoms with Crippen LogP contribution in [0.4, 0.5) is 0 Å². The van der Waals surface area contributed by atoms with Crippen LogP contribution in [0.3, 0.4) is 0 Å². The van der Waals surface area contributed by atoms with E-state index in [1.807, 2.05) is 49.4 Å². The summed E-state index contributed by atoms with van der Waals surface area (Å²) < 4.78 is 5.67. The summed E-state index contributed by atoms with van der Waals surface area (Å²) in [6.07, 6.45) is 3.52. The molecular formula is C19H24N4O. The lowest BCUT2D eigenvalue weighted by molar-refractivity contribution is 0.359. The molecule has 5 heteroatoms. The minimum atomic E-state index is 0.485. The maximum absolute atomic E-state index is 5.67. The summed E-state index contributed by atoms with van der Waals surface area (Å²) in [5, 5.41) is 6.53. The van der Waals surface area contributed by atoms with Crippen LogP contribution in [0.1, 0.15) is 18.2 Å². The van der Waals surface area contributed by atoms with Gasteiger partial charge in [0.25, 0.3) is 0 Å². The van der Waals surface area contributed by atoms with Crippen LogP contribution in [-0.4, -0.2) is 24.1 Å². The second-order valence-electron chi connectivity index (χ2n) is 5.08. The van der Waals surface area contributed by atoms with Gasteiger partial charge in [0.05, 0.1) is 18.8 Å². The van der Waals surface area contributed by atoms with Gasteiger partial charge in [-0.15, -0.1) is 0 Å². The zero-order valence-electron chi connectivity index (χ0n) is 14.0. The lowest BCUT2D eigenvalue weighted by Gasteiger charge is -2.12. The Morgan fingerprint density at radius 3 is 2.79 bits per heavy atom. The van der Waals surface area contributed by atoms with Crippen molar-refractivity contribution in [1.29, 1.82) is 0 Å². The van der Waals surface area contributed by atoms with Crippen LogP contribution in [-0.2, 0) is 13.1 Å². The third-order valence-corrected chi connectivity index (χ3v) is 3.24. The molecule has 0 amide bonds. The van der Waals surface area contributed by atoms with Crippen LogP contribution >= 0.6 is 0 Å². The first kappa shape index (κ1) is 17.5. The largest absolute Gasteiger partial charge is 0.489 e. The highest BCUT2D eigenvalue weighted by Crippen LogP contribution is 2.18. The van der Waals surface area contributed by atoms with Gasteiger partial charge in [-0.2, -0.15) is 0 Å². The normalized spacial score (nSPS) is 11.0. The van der Waals surface area contributed by atoms with E-state index < -0.39 is 0 Å². The average Bonchev–Trinajstić information content (AvgIpc) is 2.64. The van der Waals surface area contributed by atoms with Gasteiger partial charge >= 0.3 is 0 Å². The number of benzene rings is 1. The number of hydrogen-bond donors (Lipinski definition) is 2. The molecule has 1 aromatic carbocycles. The van der Waals surface area contributed by atoms with Crippen LogP contribution in [0.15, 0.2) is 66.3 Å². The Balaban J connectivity index is 2.01. The van der Waals surface area contributed by atoms with Gasteiger partial charge in [-0.1, -0.05) is 36.9 Å². The van der Waals surface area contributed by atoms with E-state index in [-0.39, 0.29) is 0 Å². The van der Waals surface area contributed by atoms with Gasteiger partial charge in [-0.05, 0) is 25.1 Å². The molecule has 0 aliphatic carbocycles. The molecule has 5 nitrogen and oxygen atoms in total. The summed E-state index contributed by atoms with van der Waals surface area (Å²) in [6, 6.07) is 13.8. The Morgan fingerprint density at radius 1 is 1.21 bits per heavy atom. The van der Waals surface area contributed by atoms with Gasteiger partial charge in [-0.25, -0.2) is 4.99 Å². The molecule has 0 aliphatic rings. The van der Waals surface area contributed by atoms with Crippen LogP contribution in [0.25, 0.3) is 0 Å². The Kier molecular flexibility index (Phi) is 7.34. The number of rotatable bonds is 8. The Hall–Kier alpha value is -2.82. The minimum Gasteiger partial charge on any atom is -0.489 e. The predicted octanol–water partition coefficient (Wildman–Crippen LogP) is 2.90. The van der Waals surface area contributed by atoms with Crippen molar-refractivity contribution in [3.05, 3.63) is 72.6 Å². The number of ether oxygens (including phenoxy) is 1. The molecule has 1 aromatic heterocycles. The lowest BCUT2D eigenvalue weighted by Crippen LogP contribution is -2.37. The third kappa shape index (κ3) is 5.76. The molecule has 0 radical (unpaired) electrons. The van der Waals surface area contributed by atoms with E-state index >= 15 is 0 Å². The molecule has 2 aromatic rings. The fourth-order valence-electron chi connectivity index (χ4n) is 2.11. The monoisotopic (exact) mass is 324 g/mol. The van der Waals surface area contributed by atoms with Gasteiger partial charge < -0.3 is 15.4 Å².